The van der Waals surface area contributed by atoms with E-state index in [0.29, 0.717) is 12.6 Å². The van der Waals surface area contributed by atoms with Crippen molar-refractivity contribution in [2.45, 2.75) is 31.5 Å². The maximum Gasteiger partial charge on any atom is 0.120 e. The molecule has 2 aliphatic heterocycles. The Kier molecular flexibility index (Phi) is 2.09. The zero-order chi connectivity index (χ0) is 8.60. The predicted molar refractivity (Wildman–Crippen MR) is 44.9 cm³/mol. The van der Waals surface area contributed by atoms with Crippen LogP contribution < -0.4 is 0 Å². The third-order valence-electron chi connectivity index (χ3n) is 2.81. The van der Waals surface area contributed by atoms with Crippen molar-refractivity contribution in [2.24, 2.45) is 0 Å². The van der Waals surface area contributed by atoms with Crippen LogP contribution >= 0.6 is 0 Å². The van der Waals surface area contributed by atoms with E-state index in [1.54, 1.807) is 6.92 Å². The summed E-state index contributed by atoms with van der Waals surface area (Å²) < 4.78 is 18.7. The van der Waals surface area contributed by atoms with E-state index in [2.05, 4.69) is 4.90 Å². The van der Waals surface area contributed by atoms with Gasteiger partial charge in [-0.25, -0.2) is 4.39 Å². The number of nitrogens with zero attached hydrogens (tertiary/aromatic N) is 1. The van der Waals surface area contributed by atoms with Gasteiger partial charge in [-0.1, -0.05) is 0 Å². The molecule has 2 rings (SSSR count). The molecule has 0 aromatic rings. The van der Waals surface area contributed by atoms with Crippen LogP contribution in [0.4, 0.5) is 4.39 Å². The number of hydrogen-bond acceptors (Lipinski definition) is 2. The zero-order valence-corrected chi connectivity index (χ0v) is 7.55. The second-order valence-corrected chi connectivity index (χ2v) is 4.18. The van der Waals surface area contributed by atoms with Crippen molar-refractivity contribution in [3.63, 3.8) is 0 Å². The normalized spacial score (nSPS) is 39.5. The van der Waals surface area contributed by atoms with Crippen LogP contribution in [0.2, 0.25) is 0 Å². The fraction of sp³-hybridized carbons (Fsp3) is 1.00. The molecular formula is C9H16FNO. The Morgan fingerprint density at radius 1 is 1.50 bits per heavy atom. The lowest BCUT2D eigenvalue weighted by atomic mass is 9.95. The lowest BCUT2D eigenvalue weighted by molar-refractivity contribution is -0.0900. The molecule has 12 heavy (non-hydrogen) atoms. The molecule has 0 radical (unpaired) electrons. The standard InChI is InChI=1S/C9H16FNO/c1-9(10)3-2-4-11(7-9)8-5-12-6-8/h8H,2-7H2,1H3/t9-/m1/s1. The van der Waals surface area contributed by atoms with Crippen LogP contribution in [0.5, 0.6) is 0 Å². The van der Waals surface area contributed by atoms with Crippen molar-refractivity contribution in [3.05, 3.63) is 0 Å². The first-order valence-corrected chi connectivity index (χ1v) is 4.68. The lowest BCUT2D eigenvalue weighted by Gasteiger charge is -2.43. The molecule has 2 heterocycles. The topological polar surface area (TPSA) is 12.5 Å². The Bertz CT molecular complexity index is 168. The minimum absolute atomic E-state index is 0.500. The van der Waals surface area contributed by atoms with Crippen LogP contribution in [0, 0.1) is 0 Å². The zero-order valence-electron chi connectivity index (χ0n) is 7.55. The van der Waals surface area contributed by atoms with Gasteiger partial charge in [-0.3, -0.25) is 4.90 Å². The molecule has 0 bridgehead atoms. The van der Waals surface area contributed by atoms with Gasteiger partial charge in [0.05, 0.1) is 19.3 Å². The number of hydrogen-bond donors (Lipinski definition) is 0. The fourth-order valence-electron chi connectivity index (χ4n) is 1.98. The maximum atomic E-state index is 13.6. The first-order valence-electron chi connectivity index (χ1n) is 4.68. The van der Waals surface area contributed by atoms with Gasteiger partial charge in [-0.05, 0) is 26.3 Å². The molecule has 0 saturated carbocycles. The molecule has 2 fully saturated rings. The summed E-state index contributed by atoms with van der Waals surface area (Å²) in [7, 11) is 0. The summed E-state index contributed by atoms with van der Waals surface area (Å²) in [6.45, 7) is 4.96. The molecule has 0 amide bonds. The van der Waals surface area contributed by atoms with Gasteiger partial charge in [0.2, 0.25) is 0 Å². The summed E-state index contributed by atoms with van der Waals surface area (Å²) in [5, 5.41) is 0. The molecule has 2 nitrogen and oxygen atoms in total. The van der Waals surface area contributed by atoms with Crippen molar-refractivity contribution >= 4 is 0 Å². The molecule has 0 unspecified atom stereocenters. The van der Waals surface area contributed by atoms with Crippen LogP contribution in [0.3, 0.4) is 0 Å². The van der Waals surface area contributed by atoms with Gasteiger partial charge in [0.25, 0.3) is 0 Å². The third kappa shape index (κ3) is 1.62. The molecule has 0 aliphatic carbocycles. The van der Waals surface area contributed by atoms with E-state index < -0.39 is 5.67 Å². The quantitative estimate of drug-likeness (QED) is 0.591. The van der Waals surface area contributed by atoms with Gasteiger partial charge in [0.1, 0.15) is 5.67 Å². The number of ether oxygens (including phenoxy) is 1. The van der Waals surface area contributed by atoms with Gasteiger partial charge in [-0.15, -0.1) is 0 Å². The number of alkyl halides is 1. The van der Waals surface area contributed by atoms with E-state index in [4.69, 9.17) is 4.74 Å². The summed E-state index contributed by atoms with van der Waals surface area (Å²) in [5.41, 5.74) is -0.964. The van der Waals surface area contributed by atoms with Crippen molar-refractivity contribution in [3.8, 4) is 0 Å². The van der Waals surface area contributed by atoms with Crippen molar-refractivity contribution in [1.29, 1.82) is 0 Å². The fourth-order valence-corrected chi connectivity index (χ4v) is 1.98. The summed E-state index contributed by atoms with van der Waals surface area (Å²) in [4.78, 5) is 2.23. The van der Waals surface area contributed by atoms with Gasteiger partial charge in [-0.2, -0.15) is 0 Å². The Labute approximate surface area is 72.7 Å². The Morgan fingerprint density at radius 3 is 2.75 bits per heavy atom. The van der Waals surface area contributed by atoms with Crippen LogP contribution in [-0.2, 0) is 4.74 Å². The summed E-state index contributed by atoms with van der Waals surface area (Å²) in [5.74, 6) is 0. The van der Waals surface area contributed by atoms with E-state index in [0.717, 1.165) is 32.6 Å². The van der Waals surface area contributed by atoms with Crippen LogP contribution in [0.1, 0.15) is 19.8 Å². The summed E-state index contributed by atoms with van der Waals surface area (Å²) in [6.07, 6.45) is 1.71. The first kappa shape index (κ1) is 8.45. The average Bonchev–Trinajstić information content (AvgIpc) is 1.80. The molecule has 0 N–H and O–H groups in total. The monoisotopic (exact) mass is 173 g/mol. The van der Waals surface area contributed by atoms with Crippen molar-refractivity contribution in [1.82, 2.24) is 4.90 Å². The van der Waals surface area contributed by atoms with E-state index in [1.807, 2.05) is 0 Å². The Hall–Kier alpha value is -0.150. The smallest absolute Gasteiger partial charge is 0.120 e. The van der Waals surface area contributed by atoms with Gasteiger partial charge in [0, 0.05) is 6.54 Å². The molecular weight excluding hydrogens is 157 g/mol. The van der Waals surface area contributed by atoms with Gasteiger partial charge in [0.15, 0.2) is 0 Å². The summed E-state index contributed by atoms with van der Waals surface area (Å²) >= 11 is 0. The second kappa shape index (κ2) is 2.96. The average molecular weight is 173 g/mol. The minimum Gasteiger partial charge on any atom is -0.378 e. The van der Waals surface area contributed by atoms with Crippen LogP contribution in [0.25, 0.3) is 0 Å². The predicted octanol–water partition coefficient (Wildman–Crippen LogP) is 1.21. The number of rotatable bonds is 1. The molecule has 0 spiro atoms. The largest absolute Gasteiger partial charge is 0.378 e. The molecule has 0 aromatic carbocycles. The first-order chi connectivity index (χ1) is 5.67. The second-order valence-electron chi connectivity index (χ2n) is 4.18. The van der Waals surface area contributed by atoms with Gasteiger partial charge >= 0.3 is 0 Å². The molecule has 3 heteroatoms. The lowest BCUT2D eigenvalue weighted by Crippen LogP contribution is -2.55. The highest BCUT2D eigenvalue weighted by atomic mass is 19.1. The number of piperidine rings is 1. The van der Waals surface area contributed by atoms with Crippen LogP contribution in [-0.4, -0.2) is 42.9 Å². The highest BCUT2D eigenvalue weighted by Crippen LogP contribution is 2.27. The number of halogens is 1. The highest BCUT2D eigenvalue weighted by Gasteiger charge is 2.36. The molecule has 1 atom stereocenters. The molecule has 2 aliphatic rings. The minimum atomic E-state index is -0.964. The van der Waals surface area contributed by atoms with Crippen LogP contribution in [0.15, 0.2) is 0 Å². The molecule has 70 valence electrons. The molecule has 2 saturated heterocycles. The highest BCUT2D eigenvalue weighted by molar-refractivity contribution is 4.88. The SMILES string of the molecule is C[C@@]1(F)CCCN(C2COC2)C1. The Morgan fingerprint density at radius 2 is 2.25 bits per heavy atom. The Balaban J connectivity index is 1.89. The van der Waals surface area contributed by atoms with Crippen molar-refractivity contribution in [2.75, 3.05) is 26.3 Å². The number of likely N-dealkylation sites (tertiary alicyclic amines) is 1. The van der Waals surface area contributed by atoms with E-state index in [1.165, 1.54) is 0 Å². The van der Waals surface area contributed by atoms with E-state index in [-0.39, 0.29) is 0 Å². The maximum absolute atomic E-state index is 13.6. The van der Waals surface area contributed by atoms with Crippen molar-refractivity contribution < 1.29 is 9.13 Å². The molecule has 0 aromatic heterocycles. The summed E-state index contributed by atoms with van der Waals surface area (Å²) in [6, 6.07) is 0.500. The van der Waals surface area contributed by atoms with E-state index in [9.17, 15) is 4.39 Å². The van der Waals surface area contributed by atoms with E-state index >= 15 is 0 Å². The van der Waals surface area contributed by atoms with Gasteiger partial charge < -0.3 is 4.74 Å². The third-order valence-corrected chi connectivity index (χ3v) is 2.81.